The summed E-state index contributed by atoms with van der Waals surface area (Å²) in [4.78, 5) is 26.1. The number of nitrogens with one attached hydrogen (secondary N) is 1. The highest BCUT2D eigenvalue weighted by Crippen LogP contribution is 2.19. The minimum absolute atomic E-state index is 0.0873. The molecule has 0 bridgehead atoms. The molecule has 6 nitrogen and oxygen atoms in total. The van der Waals surface area contributed by atoms with Crippen LogP contribution in [0.1, 0.15) is 290 Å². The highest BCUT2D eigenvalue weighted by atomic mass is 16.5. The average Bonchev–Trinajstić information content (AvgIpc) is 3.20. The zero-order valence-corrected chi connectivity index (χ0v) is 38.8. The normalized spacial score (nSPS) is 13.1. The summed E-state index contributed by atoms with van der Waals surface area (Å²) in [5.74, 6) is -0.453. The first-order valence-electron chi connectivity index (χ1n) is 25.8. The molecule has 340 valence electrons. The molecule has 0 fully saturated rings. The van der Waals surface area contributed by atoms with Crippen LogP contribution in [0, 0.1) is 0 Å². The minimum atomic E-state index is -0.778. The number of carbonyl (C=O) groups excluding carboxylic acids is 2. The van der Waals surface area contributed by atoms with E-state index in [0.29, 0.717) is 19.3 Å². The lowest BCUT2D eigenvalue weighted by Gasteiger charge is -2.24. The van der Waals surface area contributed by atoms with Crippen LogP contribution in [0.25, 0.3) is 0 Å². The lowest BCUT2D eigenvalue weighted by Crippen LogP contribution is -2.46. The molecule has 0 saturated carbocycles. The van der Waals surface area contributed by atoms with Crippen molar-refractivity contribution in [2.75, 3.05) is 6.61 Å². The standard InChI is InChI=1S/C51H101NO5/c1-4-7-10-13-16-19-22-24-25-27-28-31-34-37-40-43-49(54)48(46-53)52-50(55)45-47(42-39-36-33-30-21-18-15-12-9-6-3)57-51(56)44-41-38-35-32-29-26-23-20-17-14-11-8-5-2/h47-49,53-54H,4-46H2,1-3H3,(H,52,55). The summed E-state index contributed by atoms with van der Waals surface area (Å²) in [5.41, 5.74) is 0. The van der Waals surface area contributed by atoms with E-state index in [1.54, 1.807) is 0 Å². The molecule has 0 aromatic rings. The Morgan fingerprint density at radius 1 is 0.439 bits per heavy atom. The van der Waals surface area contributed by atoms with Crippen LogP contribution in [0.4, 0.5) is 0 Å². The number of aliphatic hydroxyl groups is 2. The molecule has 0 radical (unpaired) electrons. The second-order valence-electron chi connectivity index (χ2n) is 17.9. The van der Waals surface area contributed by atoms with Gasteiger partial charge in [-0.1, -0.05) is 252 Å². The molecule has 0 rings (SSSR count). The maximum Gasteiger partial charge on any atom is 0.306 e. The van der Waals surface area contributed by atoms with Gasteiger partial charge in [-0.25, -0.2) is 0 Å². The van der Waals surface area contributed by atoms with Crippen molar-refractivity contribution in [3.05, 3.63) is 0 Å². The zero-order chi connectivity index (χ0) is 41.7. The van der Waals surface area contributed by atoms with E-state index in [1.165, 1.54) is 205 Å². The second-order valence-corrected chi connectivity index (χ2v) is 17.9. The number of aliphatic hydroxyl groups excluding tert-OH is 2. The van der Waals surface area contributed by atoms with Crippen LogP contribution in [-0.4, -0.2) is 46.9 Å². The molecule has 0 aromatic carbocycles. The number of hydrogen-bond acceptors (Lipinski definition) is 5. The molecule has 0 saturated heterocycles. The fourth-order valence-corrected chi connectivity index (χ4v) is 8.26. The molecule has 0 aliphatic carbocycles. The van der Waals surface area contributed by atoms with E-state index in [4.69, 9.17) is 4.74 Å². The molecule has 0 spiro atoms. The topological polar surface area (TPSA) is 95.9 Å². The molecular weight excluding hydrogens is 707 g/mol. The average molecular weight is 808 g/mol. The van der Waals surface area contributed by atoms with Crippen LogP contribution in [0.2, 0.25) is 0 Å². The van der Waals surface area contributed by atoms with Gasteiger partial charge in [0.25, 0.3) is 0 Å². The summed E-state index contributed by atoms with van der Waals surface area (Å²) in [6.07, 6.45) is 48.7. The van der Waals surface area contributed by atoms with Crippen LogP contribution in [0.15, 0.2) is 0 Å². The highest BCUT2D eigenvalue weighted by Gasteiger charge is 2.24. The van der Waals surface area contributed by atoms with Gasteiger partial charge < -0.3 is 20.3 Å². The number of esters is 1. The maximum absolute atomic E-state index is 13.2. The van der Waals surface area contributed by atoms with E-state index in [0.717, 1.165) is 38.5 Å². The van der Waals surface area contributed by atoms with Gasteiger partial charge in [0.2, 0.25) is 5.91 Å². The Balaban J connectivity index is 4.43. The number of unbranched alkanes of at least 4 members (excludes halogenated alkanes) is 35. The Labute approximate surface area is 356 Å². The Morgan fingerprint density at radius 2 is 0.737 bits per heavy atom. The quantitative estimate of drug-likeness (QED) is 0.0420. The van der Waals surface area contributed by atoms with E-state index in [-0.39, 0.29) is 24.9 Å². The largest absolute Gasteiger partial charge is 0.462 e. The molecule has 3 N–H and O–H groups in total. The van der Waals surface area contributed by atoms with Gasteiger partial charge >= 0.3 is 5.97 Å². The third kappa shape index (κ3) is 41.4. The first kappa shape index (κ1) is 55.9. The van der Waals surface area contributed by atoms with Crippen molar-refractivity contribution >= 4 is 11.9 Å². The summed E-state index contributed by atoms with van der Waals surface area (Å²) in [5, 5.41) is 23.8. The molecule has 0 aliphatic heterocycles. The summed E-state index contributed by atoms with van der Waals surface area (Å²) >= 11 is 0. The van der Waals surface area contributed by atoms with Gasteiger partial charge in [0, 0.05) is 6.42 Å². The molecule has 0 aromatic heterocycles. The predicted octanol–water partition coefficient (Wildman–Crippen LogP) is 15.2. The highest BCUT2D eigenvalue weighted by molar-refractivity contribution is 5.77. The Kier molecular flexibility index (Phi) is 45.0. The summed E-state index contributed by atoms with van der Waals surface area (Å²) in [6.45, 7) is 6.50. The summed E-state index contributed by atoms with van der Waals surface area (Å²) < 4.78 is 5.92. The first-order valence-corrected chi connectivity index (χ1v) is 25.8. The van der Waals surface area contributed by atoms with Crippen LogP contribution < -0.4 is 5.32 Å². The molecule has 1 amide bonds. The lowest BCUT2D eigenvalue weighted by molar-refractivity contribution is -0.151. The van der Waals surface area contributed by atoms with E-state index < -0.39 is 18.2 Å². The summed E-state index contributed by atoms with van der Waals surface area (Å²) in [6, 6.07) is -0.691. The Hall–Kier alpha value is -1.14. The van der Waals surface area contributed by atoms with Crippen LogP contribution in [0.5, 0.6) is 0 Å². The molecule has 57 heavy (non-hydrogen) atoms. The third-order valence-corrected chi connectivity index (χ3v) is 12.2. The van der Waals surface area contributed by atoms with Gasteiger partial charge in [0.15, 0.2) is 0 Å². The number of rotatable bonds is 47. The number of carbonyl (C=O) groups is 2. The van der Waals surface area contributed by atoms with Crippen LogP contribution >= 0.6 is 0 Å². The van der Waals surface area contributed by atoms with Gasteiger partial charge in [-0.2, -0.15) is 0 Å². The fourth-order valence-electron chi connectivity index (χ4n) is 8.26. The molecule has 0 heterocycles. The summed E-state index contributed by atoms with van der Waals surface area (Å²) in [7, 11) is 0. The smallest absolute Gasteiger partial charge is 0.306 e. The van der Waals surface area contributed by atoms with Gasteiger partial charge in [0.05, 0.1) is 25.2 Å². The molecule has 3 unspecified atom stereocenters. The second kappa shape index (κ2) is 45.9. The number of hydrogen-bond donors (Lipinski definition) is 3. The van der Waals surface area contributed by atoms with Gasteiger partial charge in [-0.05, 0) is 25.7 Å². The van der Waals surface area contributed by atoms with Gasteiger partial charge in [-0.15, -0.1) is 0 Å². The van der Waals surface area contributed by atoms with Crippen molar-refractivity contribution in [2.24, 2.45) is 0 Å². The van der Waals surface area contributed by atoms with Crippen molar-refractivity contribution < 1.29 is 24.5 Å². The molecular formula is C51H101NO5. The van der Waals surface area contributed by atoms with E-state index >= 15 is 0 Å². The molecule has 0 aliphatic rings. The van der Waals surface area contributed by atoms with E-state index in [9.17, 15) is 19.8 Å². The molecule has 6 heteroatoms. The lowest BCUT2D eigenvalue weighted by atomic mass is 10.0. The van der Waals surface area contributed by atoms with Crippen molar-refractivity contribution in [2.45, 2.75) is 309 Å². The number of ether oxygens (including phenoxy) is 1. The Bertz CT molecular complexity index is 821. The van der Waals surface area contributed by atoms with Crippen molar-refractivity contribution in [3.63, 3.8) is 0 Å². The van der Waals surface area contributed by atoms with Gasteiger partial charge in [-0.3, -0.25) is 9.59 Å². The van der Waals surface area contributed by atoms with Crippen molar-refractivity contribution in [1.82, 2.24) is 5.32 Å². The first-order chi connectivity index (χ1) is 28.0. The van der Waals surface area contributed by atoms with Gasteiger partial charge in [0.1, 0.15) is 6.10 Å². The van der Waals surface area contributed by atoms with E-state index in [2.05, 4.69) is 26.1 Å². The number of amides is 1. The van der Waals surface area contributed by atoms with E-state index in [1.807, 2.05) is 0 Å². The fraction of sp³-hybridized carbons (Fsp3) is 0.961. The van der Waals surface area contributed by atoms with Crippen molar-refractivity contribution in [3.8, 4) is 0 Å². The molecule has 3 atom stereocenters. The third-order valence-electron chi connectivity index (χ3n) is 12.2. The van der Waals surface area contributed by atoms with Crippen LogP contribution in [0.3, 0.4) is 0 Å². The Morgan fingerprint density at radius 3 is 1.07 bits per heavy atom. The van der Waals surface area contributed by atoms with Crippen LogP contribution in [-0.2, 0) is 14.3 Å². The SMILES string of the molecule is CCCCCCCCCCCCCCCCCC(O)C(CO)NC(=O)CC(CCCCCCCCCCCC)OC(=O)CCCCCCCCCCCCCCC. The predicted molar refractivity (Wildman–Crippen MR) is 246 cm³/mol. The monoisotopic (exact) mass is 808 g/mol. The minimum Gasteiger partial charge on any atom is -0.462 e. The zero-order valence-electron chi connectivity index (χ0n) is 38.8. The van der Waals surface area contributed by atoms with Crippen molar-refractivity contribution in [1.29, 1.82) is 0 Å². The maximum atomic E-state index is 13.2.